The third-order valence-electron chi connectivity index (χ3n) is 4.12. The monoisotopic (exact) mass is 217 g/mol. The maximum Gasteiger partial charge on any atom is 0.0352 e. The van der Waals surface area contributed by atoms with Gasteiger partial charge in [0, 0.05) is 1.37 Å². The summed E-state index contributed by atoms with van der Waals surface area (Å²) in [6, 6.07) is 6.55. The number of hydrogen-bond acceptors (Lipinski definition) is 0. The van der Waals surface area contributed by atoms with Crippen molar-refractivity contribution in [2.45, 2.75) is 59.3 Å². The molecule has 0 heteroatoms. The van der Waals surface area contributed by atoms with Gasteiger partial charge in [-0.05, 0) is 67.5 Å². The summed E-state index contributed by atoms with van der Waals surface area (Å²) >= 11 is 0. The molecule has 1 aliphatic rings. The van der Waals surface area contributed by atoms with Crippen molar-refractivity contribution < 1.29 is 1.37 Å². The molecule has 0 amide bonds. The van der Waals surface area contributed by atoms with Gasteiger partial charge in [-0.2, -0.15) is 0 Å². The quantitative estimate of drug-likeness (QED) is 0.622. The molecule has 0 bridgehead atoms. The van der Waals surface area contributed by atoms with E-state index in [0.717, 1.165) is 12.8 Å². The van der Waals surface area contributed by atoms with Crippen molar-refractivity contribution in [1.29, 1.82) is 0 Å². The predicted octanol–water partition coefficient (Wildman–Crippen LogP) is 4.99. The van der Waals surface area contributed by atoms with Crippen LogP contribution in [0.15, 0.2) is 18.2 Å². The van der Waals surface area contributed by atoms with Gasteiger partial charge in [0.05, 0.1) is 0 Å². The molecule has 0 unspecified atom stereocenters. The lowest BCUT2D eigenvalue weighted by atomic mass is 9.71. The highest BCUT2D eigenvalue weighted by Crippen LogP contribution is 2.42. The smallest absolute Gasteiger partial charge is 0.0352 e. The van der Waals surface area contributed by atoms with Gasteiger partial charge in [0.2, 0.25) is 0 Å². The molecule has 1 aliphatic carbocycles. The van der Waals surface area contributed by atoms with Gasteiger partial charge >= 0.3 is 0 Å². The summed E-state index contributed by atoms with van der Waals surface area (Å²) in [6.07, 6.45) is 4.35. The van der Waals surface area contributed by atoms with Gasteiger partial charge in [0.1, 0.15) is 0 Å². The highest BCUT2D eigenvalue weighted by atomic mass is 14.3. The molecule has 0 nitrogen and oxygen atoms in total. The second-order valence-electron chi connectivity index (χ2n) is 6.07. The van der Waals surface area contributed by atoms with Gasteiger partial charge in [0.25, 0.3) is 0 Å². The molecular formula is C16H24. The molecule has 16 heavy (non-hydrogen) atoms. The van der Waals surface area contributed by atoms with Crippen molar-refractivity contribution in [3.05, 3.63) is 34.9 Å². The molecule has 0 saturated heterocycles. The lowest BCUT2D eigenvalue weighted by molar-refractivity contribution is 0.224. The molecule has 2 rings (SSSR count). The normalized spacial score (nSPS) is 23.9. The lowest BCUT2D eigenvalue weighted by Gasteiger charge is -2.34. The standard InChI is InChI=1S/C16H24/c1-12-5-6-15(11-13(12)2)14-7-9-16(3,4)10-8-14/h5-6,11,14H,7-10H2,1-4H3/i14D. The van der Waals surface area contributed by atoms with Crippen LogP contribution in [0, 0.1) is 19.3 Å². The highest BCUT2D eigenvalue weighted by molar-refractivity contribution is 5.32. The Hall–Kier alpha value is -0.780. The second kappa shape index (κ2) is 4.24. The molecule has 88 valence electrons. The van der Waals surface area contributed by atoms with E-state index in [9.17, 15) is 0 Å². The molecule has 0 spiro atoms. The molecule has 0 radical (unpaired) electrons. The molecular weight excluding hydrogens is 192 g/mol. The van der Waals surface area contributed by atoms with E-state index in [1.165, 1.54) is 29.5 Å². The fourth-order valence-corrected chi connectivity index (χ4v) is 2.48. The van der Waals surface area contributed by atoms with Gasteiger partial charge < -0.3 is 0 Å². The second-order valence-corrected chi connectivity index (χ2v) is 6.07. The Kier molecular flexibility index (Phi) is 2.75. The summed E-state index contributed by atoms with van der Waals surface area (Å²) in [5, 5.41) is 0. The van der Waals surface area contributed by atoms with Crippen molar-refractivity contribution >= 4 is 0 Å². The Bertz CT molecular complexity index is 408. The summed E-state index contributed by atoms with van der Waals surface area (Å²) in [5.74, 6) is -0.339. The van der Waals surface area contributed by atoms with E-state index >= 15 is 0 Å². The Morgan fingerprint density at radius 1 is 1.12 bits per heavy atom. The van der Waals surface area contributed by atoms with E-state index in [-0.39, 0.29) is 5.89 Å². The van der Waals surface area contributed by atoms with Gasteiger partial charge in [0.15, 0.2) is 0 Å². The van der Waals surface area contributed by atoms with Crippen LogP contribution in [0.3, 0.4) is 0 Å². The number of aryl methyl sites for hydroxylation is 2. The molecule has 1 saturated carbocycles. The molecule has 0 N–H and O–H groups in total. The van der Waals surface area contributed by atoms with E-state index in [2.05, 4.69) is 45.9 Å². The van der Waals surface area contributed by atoms with E-state index in [4.69, 9.17) is 1.37 Å². The molecule has 0 aliphatic heterocycles. The first-order chi connectivity index (χ1) is 7.82. The summed E-state index contributed by atoms with van der Waals surface area (Å²) in [6.45, 7) is 8.94. The van der Waals surface area contributed by atoms with Crippen LogP contribution in [0.5, 0.6) is 0 Å². The third kappa shape index (κ3) is 2.48. The van der Waals surface area contributed by atoms with Crippen molar-refractivity contribution in [2.75, 3.05) is 0 Å². The molecule has 0 atom stereocenters. The zero-order chi connectivity index (χ0) is 12.7. The van der Waals surface area contributed by atoms with Gasteiger partial charge in [-0.1, -0.05) is 32.0 Å². The van der Waals surface area contributed by atoms with E-state index in [1.54, 1.807) is 0 Å². The predicted molar refractivity (Wildman–Crippen MR) is 70.9 cm³/mol. The molecule has 0 heterocycles. The van der Waals surface area contributed by atoms with Crippen LogP contribution >= 0.6 is 0 Å². The van der Waals surface area contributed by atoms with Crippen LogP contribution in [-0.2, 0) is 0 Å². The average Bonchev–Trinajstić information content (AvgIpc) is 2.27. The van der Waals surface area contributed by atoms with Crippen LogP contribution < -0.4 is 0 Å². The topological polar surface area (TPSA) is 0 Å². The van der Waals surface area contributed by atoms with Crippen LogP contribution in [0.4, 0.5) is 0 Å². The Morgan fingerprint density at radius 2 is 1.75 bits per heavy atom. The van der Waals surface area contributed by atoms with Gasteiger partial charge in [-0.3, -0.25) is 0 Å². The van der Waals surface area contributed by atoms with E-state index < -0.39 is 0 Å². The van der Waals surface area contributed by atoms with Gasteiger partial charge in [-0.15, -0.1) is 0 Å². The largest absolute Gasteiger partial charge is 0.0599 e. The molecule has 1 fully saturated rings. The fourth-order valence-electron chi connectivity index (χ4n) is 2.48. The Morgan fingerprint density at radius 3 is 2.31 bits per heavy atom. The highest BCUT2D eigenvalue weighted by Gasteiger charge is 2.27. The van der Waals surface area contributed by atoms with Crippen molar-refractivity contribution in [2.24, 2.45) is 5.41 Å². The molecule has 1 aromatic carbocycles. The summed E-state index contributed by atoms with van der Waals surface area (Å²) in [4.78, 5) is 0. The maximum atomic E-state index is 8.71. The number of rotatable bonds is 1. The first kappa shape index (κ1) is 10.4. The minimum absolute atomic E-state index is 0.339. The Labute approximate surface area is 101 Å². The Balaban J connectivity index is 2.24. The van der Waals surface area contributed by atoms with E-state index in [0.29, 0.717) is 5.41 Å². The van der Waals surface area contributed by atoms with Crippen LogP contribution in [-0.4, -0.2) is 0 Å². The van der Waals surface area contributed by atoms with Gasteiger partial charge in [-0.25, -0.2) is 0 Å². The summed E-state index contributed by atoms with van der Waals surface area (Å²) in [7, 11) is 0. The zero-order valence-electron chi connectivity index (χ0n) is 12.1. The zero-order valence-corrected chi connectivity index (χ0v) is 11.1. The average molecular weight is 217 g/mol. The SMILES string of the molecule is [2H]C1(c2ccc(C)c(C)c2)CCC(C)(C)CC1. The minimum Gasteiger partial charge on any atom is -0.0599 e. The van der Waals surface area contributed by atoms with Crippen molar-refractivity contribution in [3.63, 3.8) is 0 Å². The number of benzene rings is 1. The molecule has 0 aromatic heterocycles. The van der Waals surface area contributed by atoms with Crippen molar-refractivity contribution in [3.8, 4) is 0 Å². The maximum absolute atomic E-state index is 8.71. The summed E-state index contributed by atoms with van der Waals surface area (Å²) in [5.41, 5.74) is 4.30. The number of hydrogen-bond donors (Lipinski definition) is 0. The first-order valence-electron chi connectivity index (χ1n) is 6.90. The summed E-state index contributed by atoms with van der Waals surface area (Å²) < 4.78 is 8.71. The lowest BCUT2D eigenvalue weighted by Crippen LogP contribution is -2.20. The van der Waals surface area contributed by atoms with Crippen LogP contribution in [0.1, 0.15) is 63.5 Å². The minimum atomic E-state index is -0.339. The third-order valence-corrected chi connectivity index (χ3v) is 4.12. The fraction of sp³-hybridized carbons (Fsp3) is 0.625. The van der Waals surface area contributed by atoms with Crippen LogP contribution in [0.2, 0.25) is 0 Å². The van der Waals surface area contributed by atoms with Crippen molar-refractivity contribution in [1.82, 2.24) is 0 Å². The van der Waals surface area contributed by atoms with Crippen LogP contribution in [0.25, 0.3) is 0 Å². The first-order valence-corrected chi connectivity index (χ1v) is 6.40. The molecule has 1 aromatic rings. The van der Waals surface area contributed by atoms with E-state index in [1.807, 2.05) is 0 Å².